The summed E-state index contributed by atoms with van der Waals surface area (Å²) in [6, 6.07) is 18.6. The van der Waals surface area contributed by atoms with Gasteiger partial charge in [-0.25, -0.2) is 4.68 Å². The number of hydrogen-bond donors (Lipinski definition) is 0. The molecule has 0 N–H and O–H groups in total. The van der Waals surface area contributed by atoms with Crippen LogP contribution in [0.15, 0.2) is 54.6 Å². The van der Waals surface area contributed by atoms with E-state index in [-0.39, 0.29) is 0 Å². The van der Waals surface area contributed by atoms with Crippen LogP contribution in [0.2, 0.25) is 0 Å². The van der Waals surface area contributed by atoms with E-state index >= 15 is 0 Å². The molecule has 2 aromatic carbocycles. The Bertz CT molecular complexity index is 1050. The fraction of sp³-hybridized carbons (Fsp3) is 0.304. The molecule has 0 aliphatic carbocycles. The summed E-state index contributed by atoms with van der Waals surface area (Å²) in [6.45, 7) is 7.35. The van der Waals surface area contributed by atoms with Crippen molar-refractivity contribution in [3.63, 3.8) is 0 Å². The van der Waals surface area contributed by atoms with Crippen molar-refractivity contribution in [2.45, 2.75) is 13.6 Å². The van der Waals surface area contributed by atoms with Crippen molar-refractivity contribution in [2.24, 2.45) is 0 Å². The van der Waals surface area contributed by atoms with Crippen LogP contribution in [-0.4, -0.2) is 56.9 Å². The predicted octanol–water partition coefficient (Wildman–Crippen LogP) is 3.59. The molecule has 29 heavy (non-hydrogen) atoms. The van der Waals surface area contributed by atoms with Gasteiger partial charge in [0.05, 0.1) is 13.2 Å². The standard InChI is InChI=1S/C23H25N5S/c1-3-13-25-14-16-26(17-15-25)18-27-23(29)28(21-11-9-19(2)10-12-21)22(24-27)20-7-5-4-6-8-20/h1,4-12H,13-18H2,2H3. The first-order valence-electron chi connectivity index (χ1n) is 9.86. The van der Waals surface area contributed by atoms with Gasteiger partial charge in [0.15, 0.2) is 5.82 Å². The molecule has 1 aliphatic rings. The Morgan fingerprint density at radius 1 is 0.966 bits per heavy atom. The van der Waals surface area contributed by atoms with Crippen LogP contribution in [-0.2, 0) is 6.67 Å². The number of benzene rings is 2. The minimum Gasteiger partial charge on any atom is -0.290 e. The number of aromatic nitrogens is 3. The van der Waals surface area contributed by atoms with Crippen LogP contribution in [0, 0.1) is 24.0 Å². The van der Waals surface area contributed by atoms with Crippen molar-refractivity contribution >= 4 is 12.2 Å². The monoisotopic (exact) mass is 403 g/mol. The van der Waals surface area contributed by atoms with Crippen molar-refractivity contribution in [3.8, 4) is 29.4 Å². The third-order valence-electron chi connectivity index (χ3n) is 5.28. The summed E-state index contributed by atoms with van der Waals surface area (Å²) < 4.78 is 4.71. The molecule has 0 unspecified atom stereocenters. The Kier molecular flexibility index (Phi) is 5.91. The van der Waals surface area contributed by atoms with Crippen molar-refractivity contribution in [1.29, 1.82) is 0 Å². The summed E-state index contributed by atoms with van der Waals surface area (Å²) in [7, 11) is 0. The number of piperazine rings is 1. The van der Waals surface area contributed by atoms with Crippen molar-refractivity contribution in [2.75, 3.05) is 32.7 Å². The lowest BCUT2D eigenvalue weighted by atomic mass is 10.2. The van der Waals surface area contributed by atoms with Gasteiger partial charge in [0.2, 0.25) is 4.77 Å². The van der Waals surface area contributed by atoms with Gasteiger partial charge in [-0.2, -0.15) is 0 Å². The Hall–Kier alpha value is -2.72. The van der Waals surface area contributed by atoms with Crippen LogP contribution in [0.1, 0.15) is 5.56 Å². The van der Waals surface area contributed by atoms with E-state index in [1.807, 2.05) is 22.9 Å². The summed E-state index contributed by atoms with van der Waals surface area (Å²) in [5.41, 5.74) is 3.31. The van der Waals surface area contributed by atoms with Crippen LogP contribution in [0.4, 0.5) is 0 Å². The minimum atomic E-state index is 0.682. The van der Waals surface area contributed by atoms with E-state index in [4.69, 9.17) is 23.7 Å². The molecule has 0 spiro atoms. The number of nitrogens with zero attached hydrogens (tertiary/aromatic N) is 5. The maximum atomic E-state index is 5.86. The van der Waals surface area contributed by atoms with Gasteiger partial charge in [-0.3, -0.25) is 14.4 Å². The molecule has 1 aliphatic heterocycles. The maximum absolute atomic E-state index is 5.86. The molecule has 2 heterocycles. The van der Waals surface area contributed by atoms with E-state index in [0.717, 1.165) is 43.3 Å². The second-order valence-electron chi connectivity index (χ2n) is 7.38. The predicted molar refractivity (Wildman–Crippen MR) is 119 cm³/mol. The van der Waals surface area contributed by atoms with E-state index in [1.54, 1.807) is 0 Å². The minimum absolute atomic E-state index is 0.682. The Labute approximate surface area is 177 Å². The molecule has 1 fully saturated rings. The second kappa shape index (κ2) is 8.75. The first-order chi connectivity index (χ1) is 14.2. The lowest BCUT2D eigenvalue weighted by molar-refractivity contribution is 0.111. The van der Waals surface area contributed by atoms with Gasteiger partial charge >= 0.3 is 0 Å². The van der Waals surface area contributed by atoms with E-state index < -0.39 is 0 Å². The largest absolute Gasteiger partial charge is 0.290 e. The third kappa shape index (κ3) is 4.33. The van der Waals surface area contributed by atoms with Crippen molar-refractivity contribution < 1.29 is 0 Å². The topological polar surface area (TPSA) is 29.2 Å². The molecule has 0 amide bonds. The second-order valence-corrected chi connectivity index (χ2v) is 7.75. The van der Waals surface area contributed by atoms with Crippen LogP contribution in [0.3, 0.4) is 0 Å². The highest BCUT2D eigenvalue weighted by Crippen LogP contribution is 2.23. The first kappa shape index (κ1) is 19.6. The van der Waals surface area contributed by atoms with Crippen LogP contribution in [0.25, 0.3) is 17.1 Å². The van der Waals surface area contributed by atoms with E-state index in [0.29, 0.717) is 18.0 Å². The molecule has 3 aromatic rings. The average molecular weight is 404 g/mol. The van der Waals surface area contributed by atoms with Crippen LogP contribution < -0.4 is 0 Å². The highest BCUT2D eigenvalue weighted by molar-refractivity contribution is 7.71. The highest BCUT2D eigenvalue weighted by Gasteiger charge is 2.19. The van der Waals surface area contributed by atoms with Gasteiger partial charge in [-0.1, -0.05) is 53.9 Å². The third-order valence-corrected chi connectivity index (χ3v) is 5.67. The van der Waals surface area contributed by atoms with Gasteiger partial charge in [0, 0.05) is 37.4 Å². The molecular weight excluding hydrogens is 378 g/mol. The molecular formula is C23H25N5S. The van der Waals surface area contributed by atoms with Gasteiger partial charge in [0.1, 0.15) is 0 Å². The molecule has 5 nitrogen and oxygen atoms in total. The number of terminal acetylenes is 1. The highest BCUT2D eigenvalue weighted by atomic mass is 32.1. The van der Waals surface area contributed by atoms with E-state index in [1.165, 1.54) is 5.56 Å². The molecule has 0 saturated carbocycles. The fourth-order valence-corrected chi connectivity index (χ4v) is 3.90. The molecule has 1 aromatic heterocycles. The van der Waals surface area contributed by atoms with E-state index in [2.05, 4.69) is 63.6 Å². The normalized spacial score (nSPS) is 15.3. The summed E-state index contributed by atoms with van der Waals surface area (Å²) in [6.07, 6.45) is 5.44. The lowest BCUT2D eigenvalue weighted by Crippen LogP contribution is -2.46. The molecule has 0 radical (unpaired) electrons. The van der Waals surface area contributed by atoms with Gasteiger partial charge in [-0.15, -0.1) is 11.5 Å². The first-order valence-corrected chi connectivity index (χ1v) is 10.3. The number of aryl methyl sites for hydroxylation is 1. The van der Waals surface area contributed by atoms with Crippen molar-refractivity contribution in [3.05, 3.63) is 64.9 Å². The molecule has 0 atom stereocenters. The molecule has 1 saturated heterocycles. The quantitative estimate of drug-likeness (QED) is 0.481. The van der Waals surface area contributed by atoms with Crippen LogP contribution in [0.5, 0.6) is 0 Å². The zero-order valence-corrected chi connectivity index (χ0v) is 17.5. The Balaban J connectivity index is 1.66. The lowest BCUT2D eigenvalue weighted by Gasteiger charge is -2.33. The average Bonchev–Trinajstić information content (AvgIpc) is 3.07. The summed E-state index contributed by atoms with van der Waals surface area (Å²) in [4.78, 5) is 4.68. The van der Waals surface area contributed by atoms with E-state index in [9.17, 15) is 0 Å². The maximum Gasteiger partial charge on any atom is 0.204 e. The Morgan fingerprint density at radius 3 is 2.28 bits per heavy atom. The smallest absolute Gasteiger partial charge is 0.204 e. The molecule has 4 rings (SSSR count). The van der Waals surface area contributed by atoms with Gasteiger partial charge < -0.3 is 0 Å². The summed E-state index contributed by atoms with van der Waals surface area (Å²) in [5.74, 6) is 3.60. The summed E-state index contributed by atoms with van der Waals surface area (Å²) >= 11 is 5.86. The van der Waals surface area contributed by atoms with Gasteiger partial charge in [0.25, 0.3) is 0 Å². The SMILES string of the molecule is C#CCN1CCN(Cn2nc(-c3ccccc3)n(-c3ccc(C)cc3)c2=S)CC1. The summed E-state index contributed by atoms with van der Waals surface area (Å²) in [5, 5.41) is 4.92. The zero-order valence-electron chi connectivity index (χ0n) is 16.7. The molecule has 0 bridgehead atoms. The fourth-order valence-electron chi connectivity index (χ4n) is 3.61. The van der Waals surface area contributed by atoms with Crippen molar-refractivity contribution in [1.82, 2.24) is 24.1 Å². The molecule has 6 heteroatoms. The number of rotatable bonds is 5. The van der Waals surface area contributed by atoms with Crippen LogP contribution >= 0.6 is 12.2 Å². The zero-order chi connectivity index (χ0) is 20.2. The number of hydrogen-bond acceptors (Lipinski definition) is 4. The van der Waals surface area contributed by atoms with Gasteiger partial charge in [-0.05, 0) is 31.3 Å². The Morgan fingerprint density at radius 2 is 1.62 bits per heavy atom. The molecule has 148 valence electrons.